The molecule has 18 heavy (non-hydrogen) atoms. The summed E-state index contributed by atoms with van der Waals surface area (Å²) < 4.78 is 0. The van der Waals surface area contributed by atoms with Gasteiger partial charge in [0, 0.05) is 13.1 Å². The minimum atomic E-state index is -1.15. The highest BCUT2D eigenvalue weighted by Gasteiger charge is 2.24. The molecule has 5 heteroatoms. The normalized spacial score (nSPS) is 10.2. The monoisotopic (exact) mass is 269 g/mol. The molecule has 0 aliphatic heterocycles. The number of carbonyl (C=O) groups is 2. The molecule has 0 unspecified atom stereocenters. The molecule has 1 amide bonds. The molecule has 98 valence electrons. The van der Waals surface area contributed by atoms with Crippen LogP contribution in [0.15, 0.2) is 12.1 Å². The molecule has 0 radical (unpaired) electrons. The molecule has 0 aliphatic carbocycles. The van der Waals surface area contributed by atoms with E-state index in [4.69, 9.17) is 16.7 Å². The van der Waals surface area contributed by atoms with Crippen molar-refractivity contribution in [2.24, 2.45) is 0 Å². The molecule has 0 saturated heterocycles. The van der Waals surface area contributed by atoms with Crippen LogP contribution < -0.4 is 0 Å². The number of hydrogen-bond donors (Lipinski definition) is 1. The molecule has 0 aromatic heterocycles. The first-order valence-electron chi connectivity index (χ1n) is 5.75. The van der Waals surface area contributed by atoms with Crippen molar-refractivity contribution < 1.29 is 14.7 Å². The molecule has 1 aromatic rings. The number of rotatable bonds is 4. The largest absolute Gasteiger partial charge is 0.478 e. The van der Waals surface area contributed by atoms with Gasteiger partial charge in [-0.15, -0.1) is 0 Å². The lowest BCUT2D eigenvalue weighted by Gasteiger charge is -2.21. The van der Waals surface area contributed by atoms with Crippen LogP contribution in [0.25, 0.3) is 0 Å². The fourth-order valence-corrected chi connectivity index (χ4v) is 1.98. The second kappa shape index (κ2) is 5.87. The highest BCUT2D eigenvalue weighted by Crippen LogP contribution is 2.26. The molecule has 0 heterocycles. The van der Waals surface area contributed by atoms with Gasteiger partial charge in [-0.25, -0.2) is 4.79 Å². The van der Waals surface area contributed by atoms with Crippen molar-refractivity contribution >= 4 is 23.5 Å². The van der Waals surface area contributed by atoms with Crippen molar-refractivity contribution in [2.45, 2.75) is 20.8 Å². The van der Waals surface area contributed by atoms with E-state index in [-0.39, 0.29) is 22.1 Å². The van der Waals surface area contributed by atoms with E-state index in [1.807, 2.05) is 13.8 Å². The molecule has 1 rings (SSSR count). The van der Waals surface area contributed by atoms with Crippen LogP contribution in [-0.4, -0.2) is 35.0 Å². The third-order valence-electron chi connectivity index (χ3n) is 2.83. The number of amides is 1. The van der Waals surface area contributed by atoms with Gasteiger partial charge in [-0.05, 0) is 32.4 Å². The fraction of sp³-hybridized carbons (Fsp3) is 0.385. The molecule has 0 spiro atoms. The van der Waals surface area contributed by atoms with Crippen LogP contribution in [0.3, 0.4) is 0 Å². The Morgan fingerprint density at radius 2 is 1.83 bits per heavy atom. The van der Waals surface area contributed by atoms with Gasteiger partial charge in [0.05, 0.1) is 16.1 Å². The van der Waals surface area contributed by atoms with E-state index >= 15 is 0 Å². The maximum absolute atomic E-state index is 12.3. The van der Waals surface area contributed by atoms with Crippen LogP contribution in [0, 0.1) is 6.92 Å². The van der Waals surface area contributed by atoms with E-state index in [9.17, 15) is 9.59 Å². The minimum Gasteiger partial charge on any atom is -0.478 e. The number of aromatic carboxylic acids is 1. The second-order valence-corrected chi connectivity index (χ2v) is 4.28. The third kappa shape index (κ3) is 2.64. The number of hydrogen-bond acceptors (Lipinski definition) is 2. The molecule has 0 atom stereocenters. The lowest BCUT2D eigenvalue weighted by Crippen LogP contribution is -2.32. The maximum atomic E-state index is 12.3. The third-order valence-corrected chi connectivity index (χ3v) is 3.32. The number of carboxylic acids is 1. The summed E-state index contributed by atoms with van der Waals surface area (Å²) in [5.74, 6) is -1.49. The summed E-state index contributed by atoms with van der Waals surface area (Å²) in [6.07, 6.45) is 0. The van der Waals surface area contributed by atoms with E-state index in [0.717, 1.165) is 0 Å². The van der Waals surface area contributed by atoms with E-state index < -0.39 is 5.97 Å². The van der Waals surface area contributed by atoms with Gasteiger partial charge in [0.15, 0.2) is 0 Å². The lowest BCUT2D eigenvalue weighted by atomic mass is 10.0. The number of halogens is 1. The summed E-state index contributed by atoms with van der Waals surface area (Å²) in [6.45, 7) is 6.45. The van der Waals surface area contributed by atoms with E-state index in [2.05, 4.69) is 0 Å². The van der Waals surface area contributed by atoms with Crippen molar-refractivity contribution in [1.82, 2.24) is 4.90 Å². The lowest BCUT2D eigenvalue weighted by molar-refractivity contribution is 0.0678. The first-order valence-corrected chi connectivity index (χ1v) is 6.13. The summed E-state index contributed by atoms with van der Waals surface area (Å²) in [4.78, 5) is 25.0. The SMILES string of the molecule is CCN(CC)C(=O)c1c(C(=O)O)ccc(C)c1Cl. The Bertz CT molecular complexity index is 481. The van der Waals surface area contributed by atoms with E-state index in [0.29, 0.717) is 18.7 Å². The Morgan fingerprint density at radius 1 is 1.28 bits per heavy atom. The van der Waals surface area contributed by atoms with Gasteiger partial charge in [0.1, 0.15) is 0 Å². The number of benzene rings is 1. The topological polar surface area (TPSA) is 57.6 Å². The van der Waals surface area contributed by atoms with Crippen molar-refractivity contribution in [3.63, 3.8) is 0 Å². The fourth-order valence-electron chi connectivity index (χ4n) is 1.74. The summed E-state index contributed by atoms with van der Waals surface area (Å²) in [5, 5.41) is 9.34. The second-order valence-electron chi connectivity index (χ2n) is 3.90. The van der Waals surface area contributed by atoms with Gasteiger partial charge >= 0.3 is 5.97 Å². The summed E-state index contributed by atoms with van der Waals surface area (Å²) >= 11 is 6.08. The van der Waals surface area contributed by atoms with Crippen LogP contribution in [0.2, 0.25) is 5.02 Å². The van der Waals surface area contributed by atoms with Gasteiger partial charge in [0.2, 0.25) is 0 Å². The Hall–Kier alpha value is -1.55. The predicted octanol–water partition coefficient (Wildman–Crippen LogP) is 2.83. The zero-order valence-corrected chi connectivity index (χ0v) is 11.4. The van der Waals surface area contributed by atoms with Crippen LogP contribution in [0.1, 0.15) is 40.1 Å². The van der Waals surface area contributed by atoms with Crippen molar-refractivity contribution in [2.75, 3.05) is 13.1 Å². The Balaban J connectivity index is 3.41. The number of aryl methyl sites for hydroxylation is 1. The molecule has 1 aromatic carbocycles. The van der Waals surface area contributed by atoms with Gasteiger partial charge < -0.3 is 10.0 Å². The molecular weight excluding hydrogens is 254 g/mol. The zero-order valence-electron chi connectivity index (χ0n) is 10.7. The van der Waals surface area contributed by atoms with Gasteiger partial charge in [0.25, 0.3) is 5.91 Å². The Labute approximate surface area is 111 Å². The van der Waals surface area contributed by atoms with Crippen LogP contribution in [0.4, 0.5) is 0 Å². The molecule has 1 N–H and O–H groups in total. The molecule has 0 aliphatic rings. The van der Waals surface area contributed by atoms with Gasteiger partial charge in [-0.2, -0.15) is 0 Å². The highest BCUT2D eigenvalue weighted by atomic mass is 35.5. The smallest absolute Gasteiger partial charge is 0.336 e. The standard InChI is InChI=1S/C13H16ClNO3/c1-4-15(5-2)12(16)10-9(13(17)18)7-6-8(3)11(10)14/h6-7H,4-5H2,1-3H3,(H,17,18). The van der Waals surface area contributed by atoms with Crippen molar-refractivity contribution in [3.05, 3.63) is 33.8 Å². The Morgan fingerprint density at radius 3 is 2.28 bits per heavy atom. The molecular formula is C13H16ClNO3. The molecule has 0 bridgehead atoms. The quantitative estimate of drug-likeness (QED) is 0.914. The summed E-state index contributed by atoms with van der Waals surface area (Å²) in [5.41, 5.74) is 0.715. The van der Waals surface area contributed by atoms with E-state index in [1.54, 1.807) is 17.9 Å². The zero-order chi connectivity index (χ0) is 13.9. The van der Waals surface area contributed by atoms with Crippen LogP contribution in [-0.2, 0) is 0 Å². The average molecular weight is 270 g/mol. The van der Waals surface area contributed by atoms with Gasteiger partial charge in [-0.3, -0.25) is 4.79 Å². The van der Waals surface area contributed by atoms with E-state index in [1.165, 1.54) is 6.07 Å². The molecule has 0 fully saturated rings. The number of carboxylic acid groups (broad SMARTS) is 1. The predicted molar refractivity (Wildman–Crippen MR) is 70.4 cm³/mol. The van der Waals surface area contributed by atoms with Crippen molar-refractivity contribution in [1.29, 1.82) is 0 Å². The molecule has 0 saturated carbocycles. The van der Waals surface area contributed by atoms with Crippen molar-refractivity contribution in [3.8, 4) is 0 Å². The summed E-state index contributed by atoms with van der Waals surface area (Å²) in [7, 11) is 0. The first-order chi connectivity index (χ1) is 8.43. The van der Waals surface area contributed by atoms with Crippen LogP contribution >= 0.6 is 11.6 Å². The average Bonchev–Trinajstić information content (AvgIpc) is 2.33. The Kier molecular flexibility index (Phi) is 4.73. The number of carbonyl (C=O) groups excluding carboxylic acids is 1. The highest BCUT2D eigenvalue weighted by molar-refractivity contribution is 6.35. The summed E-state index contributed by atoms with van der Waals surface area (Å²) in [6, 6.07) is 3.02. The van der Waals surface area contributed by atoms with Crippen LogP contribution in [0.5, 0.6) is 0 Å². The molecule has 4 nitrogen and oxygen atoms in total. The first kappa shape index (κ1) is 14.5. The van der Waals surface area contributed by atoms with Gasteiger partial charge in [-0.1, -0.05) is 17.7 Å². The minimum absolute atomic E-state index is 0.0532. The maximum Gasteiger partial charge on any atom is 0.336 e. The number of nitrogens with zero attached hydrogens (tertiary/aromatic N) is 1.